The smallest absolute Gasteiger partial charge is 0.308 e. The topological polar surface area (TPSA) is 71.1 Å². The van der Waals surface area contributed by atoms with Gasteiger partial charge in [0.1, 0.15) is 0 Å². The van der Waals surface area contributed by atoms with Crippen molar-refractivity contribution in [1.82, 2.24) is 0 Å². The molecule has 140 valence electrons. The Hall–Kier alpha value is 0.0400. The molecule has 3 aliphatic rings. The van der Waals surface area contributed by atoms with Crippen molar-refractivity contribution in [3.63, 3.8) is 0 Å². The summed E-state index contributed by atoms with van der Waals surface area (Å²) >= 11 is 0. The maximum atomic E-state index is 13.9. The van der Waals surface area contributed by atoms with E-state index < -0.39 is 20.1 Å². The summed E-state index contributed by atoms with van der Waals surface area (Å²) < 4.78 is 50.4. The van der Waals surface area contributed by atoms with Gasteiger partial charge in [-0.1, -0.05) is 12.2 Å². The van der Waals surface area contributed by atoms with Gasteiger partial charge in [0, 0.05) is 5.92 Å². The Morgan fingerprint density at radius 1 is 0.833 bits per heavy atom. The molecule has 0 amide bonds. The number of fused-ring (bicyclic) bond motifs is 2. The highest BCUT2D eigenvalue weighted by Gasteiger charge is 2.70. The summed E-state index contributed by atoms with van der Waals surface area (Å²) in [6.07, 6.45) is 6.35. The van der Waals surface area contributed by atoms with E-state index in [1.807, 2.05) is 6.08 Å². The van der Waals surface area contributed by atoms with Gasteiger partial charge in [-0.05, 0) is 52.9 Å². The van der Waals surface area contributed by atoms with Gasteiger partial charge < -0.3 is 18.1 Å². The third-order valence-electron chi connectivity index (χ3n) is 4.77. The van der Waals surface area contributed by atoms with Crippen LogP contribution in [0.4, 0.5) is 0 Å². The highest BCUT2D eigenvalue weighted by Crippen LogP contribution is 2.84. The Bertz CT molecular complexity index is 497. The summed E-state index contributed by atoms with van der Waals surface area (Å²) in [6.45, 7) is 7.95. The Morgan fingerprint density at radius 2 is 1.29 bits per heavy atom. The third-order valence-corrected chi connectivity index (χ3v) is 11.6. The monoisotopic (exact) mass is 380 g/mol. The number of hydrogen-bond donors (Lipinski definition) is 0. The molecule has 24 heavy (non-hydrogen) atoms. The van der Waals surface area contributed by atoms with Crippen molar-refractivity contribution in [2.24, 2.45) is 11.8 Å². The Labute approximate surface area is 145 Å². The summed E-state index contributed by atoms with van der Waals surface area (Å²) in [5.74, 6) is -0.00570. The first-order valence-electron chi connectivity index (χ1n) is 8.89. The highest BCUT2D eigenvalue weighted by atomic mass is 31.2. The van der Waals surface area contributed by atoms with Gasteiger partial charge in [0.15, 0.2) is 4.90 Å². The lowest BCUT2D eigenvalue weighted by Crippen LogP contribution is -2.46. The summed E-state index contributed by atoms with van der Waals surface area (Å²) in [4.78, 5) is -1.25. The van der Waals surface area contributed by atoms with Crippen LogP contribution in [-0.4, -0.2) is 31.3 Å². The molecular formula is C16H30O6P2. The average molecular weight is 380 g/mol. The van der Waals surface area contributed by atoms with Crippen molar-refractivity contribution in [2.45, 2.75) is 51.9 Å². The van der Waals surface area contributed by atoms with Gasteiger partial charge in [0.25, 0.3) is 0 Å². The summed E-state index contributed by atoms with van der Waals surface area (Å²) in [7, 11) is -7.43. The van der Waals surface area contributed by atoms with Crippen LogP contribution < -0.4 is 0 Å². The molecule has 6 nitrogen and oxygen atoms in total. The van der Waals surface area contributed by atoms with E-state index in [0.717, 1.165) is 12.8 Å². The van der Waals surface area contributed by atoms with Gasteiger partial charge in [-0.25, -0.2) is 0 Å². The van der Waals surface area contributed by atoms with Gasteiger partial charge in [-0.3, -0.25) is 9.13 Å². The van der Waals surface area contributed by atoms with Gasteiger partial charge in [-0.15, -0.1) is 0 Å². The van der Waals surface area contributed by atoms with E-state index in [-0.39, 0.29) is 38.3 Å². The molecule has 3 aliphatic carbocycles. The van der Waals surface area contributed by atoms with Crippen LogP contribution >= 0.6 is 15.2 Å². The average Bonchev–Trinajstić information content (AvgIpc) is 2.56. The van der Waals surface area contributed by atoms with Crippen molar-refractivity contribution < 1.29 is 27.2 Å². The molecule has 2 unspecified atom stereocenters. The summed E-state index contributed by atoms with van der Waals surface area (Å²) in [5.41, 5.74) is 0. The minimum absolute atomic E-state index is 0.193. The van der Waals surface area contributed by atoms with Crippen LogP contribution in [0.5, 0.6) is 0 Å². The van der Waals surface area contributed by atoms with E-state index in [9.17, 15) is 9.13 Å². The molecule has 8 heteroatoms. The van der Waals surface area contributed by atoms with Crippen molar-refractivity contribution in [3.05, 3.63) is 12.2 Å². The first-order chi connectivity index (χ1) is 11.4. The third kappa shape index (κ3) is 3.22. The van der Waals surface area contributed by atoms with E-state index in [4.69, 9.17) is 18.1 Å². The minimum atomic E-state index is -3.71. The molecule has 3 rings (SSSR count). The Balaban J connectivity index is 2.64. The predicted octanol–water partition coefficient (Wildman–Crippen LogP) is 5.20. The summed E-state index contributed by atoms with van der Waals surface area (Å²) in [6, 6.07) is 0. The van der Waals surface area contributed by atoms with Crippen LogP contribution in [0, 0.1) is 11.8 Å². The van der Waals surface area contributed by atoms with E-state index in [0.29, 0.717) is 6.42 Å². The molecular weight excluding hydrogens is 350 g/mol. The maximum Gasteiger partial charge on any atom is 0.349 e. The highest BCUT2D eigenvalue weighted by molar-refractivity contribution is 7.74. The lowest BCUT2D eigenvalue weighted by atomic mass is 9.75. The van der Waals surface area contributed by atoms with Crippen molar-refractivity contribution in [3.8, 4) is 0 Å². The lowest BCUT2D eigenvalue weighted by Gasteiger charge is -2.52. The normalized spacial score (nSPS) is 26.0. The van der Waals surface area contributed by atoms with E-state index >= 15 is 0 Å². The molecule has 2 atom stereocenters. The quantitative estimate of drug-likeness (QED) is 0.383. The molecule has 0 radical (unpaired) electrons. The Kier molecular flexibility index (Phi) is 6.92. The molecule has 0 aliphatic heterocycles. The Morgan fingerprint density at radius 3 is 1.54 bits per heavy atom. The van der Waals surface area contributed by atoms with Crippen LogP contribution in [0.3, 0.4) is 0 Å². The minimum Gasteiger partial charge on any atom is -0.308 e. The molecule has 0 saturated heterocycles. The SMILES string of the molecule is CCOP(=O)(OCC)C1(P(=O)(OCC)OCC)CC2C=CC1CC2. The van der Waals surface area contributed by atoms with Crippen LogP contribution in [0.25, 0.3) is 0 Å². The van der Waals surface area contributed by atoms with Crippen LogP contribution in [-0.2, 0) is 27.2 Å². The van der Waals surface area contributed by atoms with E-state index in [1.165, 1.54) is 0 Å². The van der Waals surface area contributed by atoms with Gasteiger partial charge in [-0.2, -0.15) is 0 Å². The second kappa shape index (κ2) is 8.16. The maximum absolute atomic E-state index is 13.9. The first kappa shape index (κ1) is 20.4. The van der Waals surface area contributed by atoms with Crippen LogP contribution in [0.15, 0.2) is 12.2 Å². The number of rotatable bonds is 10. The molecule has 0 aromatic carbocycles. The predicted molar refractivity (Wildman–Crippen MR) is 94.4 cm³/mol. The van der Waals surface area contributed by atoms with Gasteiger partial charge in [0.2, 0.25) is 0 Å². The lowest BCUT2D eigenvalue weighted by molar-refractivity contribution is 0.140. The van der Waals surface area contributed by atoms with Crippen molar-refractivity contribution in [2.75, 3.05) is 26.4 Å². The molecule has 0 spiro atoms. The van der Waals surface area contributed by atoms with E-state index in [2.05, 4.69) is 6.08 Å². The molecule has 0 aromatic rings. The largest absolute Gasteiger partial charge is 0.349 e. The zero-order chi connectivity index (χ0) is 17.8. The van der Waals surface area contributed by atoms with E-state index in [1.54, 1.807) is 27.7 Å². The zero-order valence-corrected chi connectivity index (χ0v) is 16.9. The second-order valence-corrected chi connectivity index (χ2v) is 11.0. The van der Waals surface area contributed by atoms with Gasteiger partial charge >= 0.3 is 15.2 Å². The first-order valence-corrected chi connectivity index (χ1v) is 12.0. The number of allylic oxidation sites excluding steroid dienone is 2. The summed E-state index contributed by atoms with van der Waals surface area (Å²) in [5, 5.41) is 0. The molecule has 1 fully saturated rings. The van der Waals surface area contributed by atoms with Crippen LogP contribution in [0.2, 0.25) is 0 Å². The molecule has 1 saturated carbocycles. The fourth-order valence-corrected chi connectivity index (χ4v) is 10.4. The van der Waals surface area contributed by atoms with Gasteiger partial charge in [0.05, 0.1) is 26.4 Å². The fraction of sp³-hybridized carbons (Fsp3) is 0.875. The molecule has 0 N–H and O–H groups in total. The fourth-order valence-electron chi connectivity index (χ4n) is 3.95. The van der Waals surface area contributed by atoms with Crippen molar-refractivity contribution >= 4 is 15.2 Å². The molecule has 0 heterocycles. The molecule has 0 aromatic heterocycles. The number of hydrogen-bond acceptors (Lipinski definition) is 6. The molecule has 2 bridgehead atoms. The van der Waals surface area contributed by atoms with Crippen LogP contribution in [0.1, 0.15) is 47.0 Å². The second-order valence-electron chi connectivity index (χ2n) is 6.08. The van der Waals surface area contributed by atoms with Crippen molar-refractivity contribution in [1.29, 1.82) is 0 Å². The zero-order valence-electron chi connectivity index (χ0n) is 15.1. The standard InChI is InChI=1S/C16H30O6P2/c1-5-19-23(17,20-6-2)16(24(18,21-7-3)22-8-4)13-14-9-11-15(16)12-10-14/h9,11,14-15H,5-8,10,12-13H2,1-4H3.